The second-order valence-corrected chi connectivity index (χ2v) is 7.42. The highest BCUT2D eigenvalue weighted by molar-refractivity contribution is 6.02. The fourth-order valence-electron chi connectivity index (χ4n) is 4.48. The van der Waals surface area contributed by atoms with Crippen molar-refractivity contribution in [2.45, 2.75) is 37.9 Å². The van der Waals surface area contributed by atoms with E-state index < -0.39 is 6.03 Å². The summed E-state index contributed by atoms with van der Waals surface area (Å²) < 4.78 is 0. The summed E-state index contributed by atoms with van der Waals surface area (Å²) in [5, 5.41) is 8.62. The molecule has 0 aliphatic carbocycles. The van der Waals surface area contributed by atoms with Crippen LogP contribution in [0.1, 0.15) is 35.2 Å². The largest absolute Gasteiger partial charge is 0.366 e. The first-order chi connectivity index (χ1) is 12.6. The number of rotatable bonds is 2. The molecule has 1 aromatic carbocycles. The summed E-state index contributed by atoms with van der Waals surface area (Å²) in [5.74, 6) is -0.482. The van der Waals surface area contributed by atoms with Crippen molar-refractivity contribution in [1.82, 2.24) is 20.7 Å². The van der Waals surface area contributed by atoms with E-state index in [0.29, 0.717) is 24.2 Å². The van der Waals surface area contributed by atoms with Crippen LogP contribution in [0.3, 0.4) is 0 Å². The van der Waals surface area contributed by atoms with Gasteiger partial charge in [-0.3, -0.25) is 14.9 Å². The lowest BCUT2D eigenvalue weighted by Gasteiger charge is -2.47. The van der Waals surface area contributed by atoms with Crippen LogP contribution in [0.4, 0.5) is 10.5 Å². The van der Waals surface area contributed by atoms with Crippen molar-refractivity contribution in [3.8, 4) is 0 Å². The number of urea groups is 1. The highest BCUT2D eigenvalue weighted by atomic mass is 16.2. The van der Waals surface area contributed by atoms with Crippen LogP contribution < -0.4 is 15.5 Å². The Kier molecular flexibility index (Phi) is 3.43. The van der Waals surface area contributed by atoms with E-state index in [-0.39, 0.29) is 24.8 Å². The molecule has 0 radical (unpaired) electrons. The number of carbonyl (C=O) groups excluding carboxylic acids is 3. The number of hydrazine groups is 1. The molecule has 5 heterocycles. The summed E-state index contributed by atoms with van der Waals surface area (Å²) in [6.07, 6.45) is 2.63. The van der Waals surface area contributed by atoms with Crippen molar-refractivity contribution in [2.24, 2.45) is 0 Å². The predicted octanol–water partition coefficient (Wildman–Crippen LogP) is 0.440. The third-order valence-corrected chi connectivity index (χ3v) is 5.88. The molecule has 2 bridgehead atoms. The van der Waals surface area contributed by atoms with E-state index in [1.807, 2.05) is 12.1 Å². The van der Waals surface area contributed by atoms with Gasteiger partial charge < -0.3 is 10.2 Å². The maximum atomic E-state index is 12.7. The Bertz CT molecular complexity index is 802. The van der Waals surface area contributed by atoms with E-state index in [2.05, 4.69) is 21.6 Å². The van der Waals surface area contributed by atoms with Gasteiger partial charge in [0.1, 0.15) is 0 Å². The average Bonchev–Trinajstić information content (AvgIpc) is 2.98. The lowest BCUT2D eigenvalue weighted by atomic mass is 9.92. The van der Waals surface area contributed by atoms with Crippen molar-refractivity contribution in [3.63, 3.8) is 0 Å². The number of anilines is 1. The minimum atomic E-state index is -0.526. The maximum absolute atomic E-state index is 12.7. The number of imide groups is 1. The van der Waals surface area contributed by atoms with E-state index in [1.165, 1.54) is 22.9 Å². The van der Waals surface area contributed by atoms with Crippen LogP contribution in [-0.4, -0.2) is 59.6 Å². The molecule has 4 fully saturated rings. The number of fused-ring (bicyclic) bond motifs is 4. The molecule has 4 amide bonds. The highest BCUT2D eigenvalue weighted by Crippen LogP contribution is 2.33. The minimum Gasteiger partial charge on any atom is -0.366 e. The molecule has 0 aromatic heterocycles. The first kappa shape index (κ1) is 15.6. The molecule has 2 atom stereocenters. The number of benzene rings is 1. The second-order valence-electron chi connectivity index (χ2n) is 7.42. The molecule has 4 saturated heterocycles. The van der Waals surface area contributed by atoms with E-state index in [9.17, 15) is 14.4 Å². The van der Waals surface area contributed by atoms with E-state index in [4.69, 9.17) is 0 Å². The molecule has 0 saturated carbocycles. The van der Waals surface area contributed by atoms with Crippen molar-refractivity contribution in [1.29, 1.82) is 0 Å². The number of hydrogen-bond acceptors (Lipinski definition) is 5. The molecule has 5 aliphatic heterocycles. The first-order valence-corrected chi connectivity index (χ1v) is 9.16. The summed E-state index contributed by atoms with van der Waals surface area (Å²) >= 11 is 0. The van der Waals surface area contributed by atoms with Gasteiger partial charge in [0.05, 0.1) is 13.1 Å². The number of amides is 4. The zero-order valence-corrected chi connectivity index (χ0v) is 14.4. The van der Waals surface area contributed by atoms with Crippen LogP contribution in [0.15, 0.2) is 18.2 Å². The van der Waals surface area contributed by atoms with Crippen LogP contribution in [0.5, 0.6) is 0 Å². The van der Waals surface area contributed by atoms with Gasteiger partial charge in [0.25, 0.3) is 5.91 Å². The first-order valence-electron chi connectivity index (χ1n) is 9.16. The van der Waals surface area contributed by atoms with E-state index in [0.717, 1.165) is 24.3 Å². The standard InChI is InChI=1S/C18H21N5O3/c24-16-5-6-22(18(26)20-16)23-9-11-7-13(3-4-15(11)17(23)25)21-10-12-1-2-14(21)8-19-12/h3-4,7,12,14,19H,1-2,5-6,8-10H2,(H,20,24,26). The Hall–Kier alpha value is -2.61. The SMILES string of the molecule is O=C1CCN(N2Cc3cc(N4CC5CCC4CN5)ccc3C2=O)C(=O)N1. The second kappa shape index (κ2) is 5.70. The van der Waals surface area contributed by atoms with Crippen LogP contribution in [0, 0.1) is 0 Å². The molecule has 6 rings (SSSR count). The van der Waals surface area contributed by atoms with Crippen molar-refractivity contribution in [2.75, 3.05) is 24.5 Å². The Balaban J connectivity index is 1.39. The third-order valence-electron chi connectivity index (χ3n) is 5.88. The molecule has 5 aliphatic rings. The molecule has 8 heteroatoms. The summed E-state index contributed by atoms with van der Waals surface area (Å²) in [4.78, 5) is 38.6. The number of nitrogens with zero attached hydrogens (tertiary/aromatic N) is 3. The topological polar surface area (TPSA) is 85.0 Å². The molecule has 1 aromatic rings. The van der Waals surface area contributed by atoms with Gasteiger partial charge in [-0.05, 0) is 36.6 Å². The van der Waals surface area contributed by atoms with Gasteiger partial charge in [-0.1, -0.05) is 0 Å². The molecule has 0 spiro atoms. The van der Waals surface area contributed by atoms with Crippen LogP contribution in [0.2, 0.25) is 0 Å². The number of carbonyl (C=O) groups is 3. The monoisotopic (exact) mass is 355 g/mol. The van der Waals surface area contributed by atoms with Crippen LogP contribution >= 0.6 is 0 Å². The van der Waals surface area contributed by atoms with E-state index >= 15 is 0 Å². The molecular formula is C18H21N5O3. The molecular weight excluding hydrogens is 334 g/mol. The van der Waals surface area contributed by atoms with Gasteiger partial charge in [0.2, 0.25) is 5.91 Å². The lowest BCUT2D eigenvalue weighted by molar-refractivity contribution is -0.123. The molecule has 2 unspecified atom stereocenters. The lowest BCUT2D eigenvalue weighted by Crippen LogP contribution is -2.61. The van der Waals surface area contributed by atoms with Gasteiger partial charge >= 0.3 is 6.03 Å². The summed E-state index contributed by atoms with van der Waals surface area (Å²) in [5.41, 5.74) is 2.72. The van der Waals surface area contributed by atoms with Gasteiger partial charge in [0, 0.05) is 42.8 Å². The zero-order valence-electron chi connectivity index (χ0n) is 14.4. The number of hydrogen-bond donors (Lipinski definition) is 2. The summed E-state index contributed by atoms with van der Waals surface area (Å²) in [6, 6.07) is 6.49. The smallest absolute Gasteiger partial charge is 0.342 e. The summed E-state index contributed by atoms with van der Waals surface area (Å²) in [6.45, 7) is 2.61. The van der Waals surface area contributed by atoms with Gasteiger partial charge in [0.15, 0.2) is 0 Å². The fraction of sp³-hybridized carbons (Fsp3) is 0.500. The minimum absolute atomic E-state index is 0.183. The van der Waals surface area contributed by atoms with Gasteiger partial charge in [-0.15, -0.1) is 0 Å². The molecule has 2 N–H and O–H groups in total. The normalized spacial score (nSPS) is 27.8. The van der Waals surface area contributed by atoms with Crippen molar-refractivity contribution < 1.29 is 14.4 Å². The van der Waals surface area contributed by atoms with Crippen LogP contribution in [-0.2, 0) is 11.3 Å². The van der Waals surface area contributed by atoms with Crippen LogP contribution in [0.25, 0.3) is 0 Å². The molecule has 26 heavy (non-hydrogen) atoms. The highest BCUT2D eigenvalue weighted by Gasteiger charge is 2.38. The van der Waals surface area contributed by atoms with E-state index in [1.54, 1.807) is 0 Å². The Morgan fingerprint density at radius 3 is 2.65 bits per heavy atom. The Morgan fingerprint density at radius 2 is 1.96 bits per heavy atom. The number of piperidine rings is 2. The molecule has 136 valence electrons. The summed E-state index contributed by atoms with van der Waals surface area (Å²) in [7, 11) is 0. The van der Waals surface area contributed by atoms with Crippen molar-refractivity contribution in [3.05, 3.63) is 29.3 Å². The Morgan fingerprint density at radius 1 is 1.08 bits per heavy atom. The van der Waals surface area contributed by atoms with Gasteiger partial charge in [-0.25, -0.2) is 14.8 Å². The number of nitrogens with one attached hydrogen (secondary N) is 2. The Labute approximate surface area is 151 Å². The average molecular weight is 355 g/mol. The zero-order chi connectivity index (χ0) is 17.8. The predicted molar refractivity (Wildman–Crippen MR) is 93.3 cm³/mol. The maximum Gasteiger partial charge on any atom is 0.342 e. The molecule has 8 nitrogen and oxygen atoms in total. The van der Waals surface area contributed by atoms with Gasteiger partial charge in [-0.2, -0.15) is 0 Å². The third kappa shape index (κ3) is 2.36. The quantitative estimate of drug-likeness (QED) is 0.804. The number of piperazine rings is 1. The fourth-order valence-corrected chi connectivity index (χ4v) is 4.48. The van der Waals surface area contributed by atoms with Crippen molar-refractivity contribution >= 4 is 23.5 Å².